The second-order valence-corrected chi connectivity index (χ2v) is 9.95. The summed E-state index contributed by atoms with van der Waals surface area (Å²) in [6.45, 7) is 2.04. The summed E-state index contributed by atoms with van der Waals surface area (Å²) < 4.78 is 47.6. The van der Waals surface area contributed by atoms with Crippen LogP contribution in [0.15, 0.2) is 46.3 Å². The van der Waals surface area contributed by atoms with Crippen molar-refractivity contribution in [1.29, 1.82) is 5.26 Å². The molecule has 28 heavy (non-hydrogen) atoms. The lowest BCUT2D eigenvalue weighted by atomic mass is 10.2. The molecule has 1 aromatic carbocycles. The number of hydrogen-bond donors (Lipinski definition) is 1. The highest BCUT2D eigenvalue weighted by Crippen LogP contribution is 2.29. The molecule has 2 N–H and O–H groups in total. The summed E-state index contributed by atoms with van der Waals surface area (Å²) in [6.07, 6.45) is 2.65. The predicted octanol–water partition coefficient (Wildman–Crippen LogP) is 0.331. The Labute approximate surface area is 164 Å². The van der Waals surface area contributed by atoms with Crippen molar-refractivity contribution < 1.29 is 16.8 Å². The van der Waals surface area contributed by atoms with Gasteiger partial charge in [0.2, 0.25) is 10.0 Å². The lowest BCUT2D eigenvalue weighted by Crippen LogP contribution is -2.47. The highest BCUT2D eigenvalue weighted by molar-refractivity contribution is 7.91. The average molecular weight is 422 g/mol. The lowest BCUT2D eigenvalue weighted by Gasteiger charge is -2.37. The van der Waals surface area contributed by atoms with Crippen LogP contribution in [0.1, 0.15) is 5.56 Å². The monoisotopic (exact) mass is 421 g/mol. The molecular weight excluding hydrogens is 402 g/mol. The Morgan fingerprint density at radius 1 is 1.07 bits per heavy atom. The summed E-state index contributed by atoms with van der Waals surface area (Å²) in [6, 6.07) is 9.38. The van der Waals surface area contributed by atoms with Gasteiger partial charge in [0.05, 0.1) is 21.0 Å². The normalized spacial score (nSPS) is 15.3. The number of benzene rings is 1. The zero-order chi connectivity index (χ0) is 20.5. The van der Waals surface area contributed by atoms with Gasteiger partial charge in [-0.25, -0.2) is 27.0 Å². The lowest BCUT2D eigenvalue weighted by molar-refractivity contribution is 0.596. The Bertz CT molecular complexity index is 1150. The van der Waals surface area contributed by atoms with Gasteiger partial charge in [0, 0.05) is 38.6 Å². The molecule has 1 saturated heterocycles. The van der Waals surface area contributed by atoms with Crippen molar-refractivity contribution in [3.63, 3.8) is 0 Å². The van der Waals surface area contributed by atoms with Crippen molar-refractivity contribution in [3.8, 4) is 6.07 Å². The summed E-state index contributed by atoms with van der Waals surface area (Å²) in [5.74, 6) is 0.595. The third-order valence-electron chi connectivity index (χ3n) is 4.49. The minimum absolute atomic E-state index is 0.0805. The Morgan fingerprint density at radius 2 is 1.71 bits per heavy atom. The Balaban J connectivity index is 1.89. The second-order valence-electron chi connectivity index (χ2n) is 6.41. The molecular formula is C17H19N5O4S2. The Hall–Kier alpha value is -2.68. The number of nitrogens with two attached hydrogens (primary N) is 1. The number of nitriles is 1. The SMILES string of the molecule is CS(=O)(=O)c1cc(S(N)(=O)=O)ccc1N1CCN(c2ncccc2C#N)CC1. The molecule has 2 heterocycles. The van der Waals surface area contributed by atoms with Gasteiger partial charge in [-0.1, -0.05) is 0 Å². The molecule has 0 spiro atoms. The molecule has 1 aliphatic heterocycles. The zero-order valence-electron chi connectivity index (χ0n) is 15.1. The first-order valence-electron chi connectivity index (χ1n) is 8.33. The van der Waals surface area contributed by atoms with Crippen LogP contribution in [0.4, 0.5) is 11.5 Å². The van der Waals surface area contributed by atoms with E-state index < -0.39 is 19.9 Å². The maximum absolute atomic E-state index is 12.2. The maximum atomic E-state index is 12.2. The van der Waals surface area contributed by atoms with Crippen LogP contribution >= 0.6 is 0 Å². The minimum Gasteiger partial charge on any atom is -0.367 e. The third kappa shape index (κ3) is 4.09. The van der Waals surface area contributed by atoms with Gasteiger partial charge in [0.1, 0.15) is 11.9 Å². The second kappa shape index (κ2) is 7.38. The molecule has 11 heteroatoms. The van der Waals surface area contributed by atoms with Crippen LogP contribution in [0.3, 0.4) is 0 Å². The van der Waals surface area contributed by atoms with E-state index in [1.165, 1.54) is 12.1 Å². The molecule has 2 aromatic rings. The minimum atomic E-state index is -4.02. The van der Waals surface area contributed by atoms with Crippen LogP contribution in [-0.4, -0.2) is 54.3 Å². The van der Waals surface area contributed by atoms with E-state index in [1.807, 2.05) is 9.80 Å². The standard InChI is InChI=1S/C17H19N5O4S2/c1-27(23,24)16-11-14(28(19,25)26)4-5-15(16)21-7-9-22(10-8-21)17-13(12-18)3-2-6-20-17/h2-6,11H,7-10H2,1H3,(H2,19,25,26). The predicted molar refractivity (Wildman–Crippen MR) is 104 cm³/mol. The van der Waals surface area contributed by atoms with Crippen LogP contribution in [0.2, 0.25) is 0 Å². The van der Waals surface area contributed by atoms with Gasteiger partial charge in [-0.05, 0) is 30.3 Å². The summed E-state index contributed by atoms with van der Waals surface area (Å²) in [5, 5.41) is 14.4. The number of sulfone groups is 1. The number of primary sulfonamides is 1. The number of sulfonamides is 1. The average Bonchev–Trinajstić information content (AvgIpc) is 2.66. The quantitative estimate of drug-likeness (QED) is 0.745. The summed E-state index contributed by atoms with van der Waals surface area (Å²) >= 11 is 0. The van der Waals surface area contributed by atoms with E-state index in [2.05, 4.69) is 11.1 Å². The van der Waals surface area contributed by atoms with Crippen molar-refractivity contribution in [1.82, 2.24) is 4.98 Å². The molecule has 0 unspecified atom stereocenters. The van der Waals surface area contributed by atoms with E-state index in [1.54, 1.807) is 18.3 Å². The van der Waals surface area contributed by atoms with Gasteiger partial charge in [0.25, 0.3) is 0 Å². The van der Waals surface area contributed by atoms with E-state index in [0.717, 1.165) is 12.3 Å². The number of hydrogen-bond acceptors (Lipinski definition) is 8. The van der Waals surface area contributed by atoms with Crippen molar-refractivity contribution in [2.24, 2.45) is 5.14 Å². The first-order chi connectivity index (χ1) is 13.1. The van der Waals surface area contributed by atoms with Crippen molar-refractivity contribution in [3.05, 3.63) is 42.1 Å². The molecule has 0 aliphatic carbocycles. The van der Waals surface area contributed by atoms with Crippen LogP contribution in [0.25, 0.3) is 0 Å². The van der Waals surface area contributed by atoms with Gasteiger partial charge in [-0.15, -0.1) is 0 Å². The molecule has 1 aromatic heterocycles. The fraction of sp³-hybridized carbons (Fsp3) is 0.294. The summed E-state index contributed by atoms with van der Waals surface area (Å²) in [7, 11) is -7.69. The fourth-order valence-corrected chi connectivity index (χ4v) is 4.66. The van der Waals surface area contributed by atoms with Gasteiger partial charge in [0.15, 0.2) is 9.84 Å². The molecule has 0 bridgehead atoms. The number of nitrogens with zero attached hydrogens (tertiary/aromatic N) is 4. The number of rotatable bonds is 4. The van der Waals surface area contributed by atoms with Gasteiger partial charge < -0.3 is 9.80 Å². The smallest absolute Gasteiger partial charge is 0.238 e. The highest BCUT2D eigenvalue weighted by Gasteiger charge is 2.25. The molecule has 0 amide bonds. The zero-order valence-corrected chi connectivity index (χ0v) is 16.7. The van der Waals surface area contributed by atoms with Crippen molar-refractivity contribution in [2.75, 3.05) is 42.2 Å². The van der Waals surface area contributed by atoms with Crippen LogP contribution in [0, 0.1) is 11.3 Å². The van der Waals surface area contributed by atoms with Crippen LogP contribution < -0.4 is 14.9 Å². The Kier molecular flexibility index (Phi) is 5.29. The number of pyridine rings is 1. The third-order valence-corrected chi connectivity index (χ3v) is 6.52. The van der Waals surface area contributed by atoms with Crippen molar-refractivity contribution in [2.45, 2.75) is 9.79 Å². The summed E-state index contributed by atoms with van der Waals surface area (Å²) in [5.41, 5.74) is 0.904. The number of anilines is 2. The van der Waals surface area contributed by atoms with E-state index in [9.17, 15) is 22.1 Å². The molecule has 0 atom stereocenters. The molecule has 148 valence electrons. The Morgan fingerprint density at radius 3 is 2.29 bits per heavy atom. The molecule has 1 fully saturated rings. The molecule has 3 rings (SSSR count). The van der Waals surface area contributed by atoms with Gasteiger partial charge in [-0.2, -0.15) is 5.26 Å². The van der Waals surface area contributed by atoms with E-state index in [0.29, 0.717) is 43.2 Å². The maximum Gasteiger partial charge on any atom is 0.238 e. The first-order valence-corrected chi connectivity index (χ1v) is 11.8. The summed E-state index contributed by atoms with van der Waals surface area (Å²) in [4.78, 5) is 7.78. The van der Waals surface area contributed by atoms with Gasteiger partial charge >= 0.3 is 0 Å². The molecule has 0 saturated carbocycles. The molecule has 0 radical (unpaired) electrons. The van der Waals surface area contributed by atoms with Crippen molar-refractivity contribution >= 4 is 31.4 Å². The van der Waals surface area contributed by atoms with Crippen LogP contribution in [0.5, 0.6) is 0 Å². The molecule has 1 aliphatic rings. The largest absolute Gasteiger partial charge is 0.367 e. The number of piperazine rings is 1. The molecule has 9 nitrogen and oxygen atoms in total. The van der Waals surface area contributed by atoms with Crippen LogP contribution in [-0.2, 0) is 19.9 Å². The number of aromatic nitrogens is 1. The first kappa shape index (κ1) is 20.1. The fourth-order valence-electron chi connectivity index (χ4n) is 3.13. The topological polar surface area (TPSA) is 137 Å². The van der Waals surface area contributed by atoms with E-state index in [-0.39, 0.29) is 9.79 Å². The van der Waals surface area contributed by atoms with E-state index in [4.69, 9.17) is 5.14 Å². The highest BCUT2D eigenvalue weighted by atomic mass is 32.2. The van der Waals surface area contributed by atoms with Gasteiger partial charge in [-0.3, -0.25) is 0 Å². The van der Waals surface area contributed by atoms with E-state index >= 15 is 0 Å².